The number of fused-ring (bicyclic) bond motifs is 2. The van der Waals surface area contributed by atoms with E-state index in [9.17, 15) is 4.79 Å². The van der Waals surface area contributed by atoms with Gasteiger partial charge in [-0.2, -0.15) is 0 Å². The van der Waals surface area contributed by atoms with Crippen LogP contribution in [0.3, 0.4) is 0 Å². The monoisotopic (exact) mass is 385 g/mol. The summed E-state index contributed by atoms with van der Waals surface area (Å²) in [7, 11) is 0. The molecule has 0 amide bonds. The molecule has 0 bridgehead atoms. The van der Waals surface area contributed by atoms with E-state index in [1.54, 1.807) is 6.07 Å². The molecule has 5 aromatic rings. The fourth-order valence-corrected chi connectivity index (χ4v) is 3.81. The average Bonchev–Trinajstić information content (AvgIpc) is 3.20. The highest BCUT2D eigenvalue weighted by molar-refractivity contribution is 7.14. The second-order valence-corrected chi connectivity index (χ2v) is 7.16. The number of rotatable bonds is 4. The number of hydrogen-bond donors (Lipinski definition) is 2. The molecule has 0 aliphatic heterocycles. The molecule has 0 saturated heterocycles. The predicted octanol–water partition coefficient (Wildman–Crippen LogP) is 5.51. The van der Waals surface area contributed by atoms with Crippen LogP contribution in [0.15, 0.2) is 87.4 Å². The maximum Gasteiger partial charge on any atom is 0.345 e. The van der Waals surface area contributed by atoms with Crippen LogP contribution in [-0.2, 0) is 0 Å². The van der Waals surface area contributed by atoms with E-state index in [1.807, 2.05) is 53.9 Å². The van der Waals surface area contributed by atoms with Gasteiger partial charge in [-0.1, -0.05) is 54.6 Å². The molecule has 2 N–H and O–H groups in total. The molecule has 3 aromatic carbocycles. The minimum atomic E-state index is -0.391. The molecule has 0 saturated carbocycles. The van der Waals surface area contributed by atoms with Crippen LogP contribution < -0.4 is 16.5 Å². The molecule has 28 heavy (non-hydrogen) atoms. The molecule has 2 aromatic heterocycles. The molecule has 5 rings (SSSR count). The first-order valence-corrected chi connectivity index (χ1v) is 9.64. The number of benzene rings is 3. The van der Waals surface area contributed by atoms with Crippen molar-refractivity contribution in [2.75, 3.05) is 10.9 Å². The number of para-hydroxylation sites is 1. The van der Waals surface area contributed by atoms with Crippen LogP contribution in [0.4, 0.5) is 10.8 Å². The van der Waals surface area contributed by atoms with Crippen molar-refractivity contribution in [1.82, 2.24) is 4.98 Å². The minimum Gasteiger partial charge on any atom is -0.422 e. The Morgan fingerprint density at radius 1 is 0.857 bits per heavy atom. The zero-order valence-corrected chi connectivity index (χ0v) is 15.5. The maximum absolute atomic E-state index is 12.3. The molecular formula is C22H15N3O2S. The summed E-state index contributed by atoms with van der Waals surface area (Å²) in [6.07, 6.45) is 0. The van der Waals surface area contributed by atoms with Crippen LogP contribution in [0.1, 0.15) is 0 Å². The van der Waals surface area contributed by atoms with Crippen LogP contribution in [0.5, 0.6) is 0 Å². The fraction of sp³-hybridized carbons (Fsp3) is 0. The van der Waals surface area contributed by atoms with E-state index in [-0.39, 0.29) is 0 Å². The number of nitrogens with zero attached hydrogens (tertiary/aromatic N) is 1. The Morgan fingerprint density at radius 3 is 2.57 bits per heavy atom. The first-order valence-electron chi connectivity index (χ1n) is 8.76. The molecule has 0 radical (unpaired) electrons. The molecule has 6 heteroatoms. The first-order chi connectivity index (χ1) is 13.8. The lowest BCUT2D eigenvalue weighted by atomic mass is 10.1. The standard InChI is InChI=1S/C22H15N3O2S/c26-21-17(12-15-7-2-4-11-20(15)27-21)19-13-28-22(23-19)25-24-18-10-5-8-14-6-1-3-9-16(14)18/h1-13,24H,(H,23,25). The Hall–Kier alpha value is -3.64. The van der Waals surface area contributed by atoms with Crippen molar-refractivity contribution in [2.45, 2.75) is 0 Å². The summed E-state index contributed by atoms with van der Waals surface area (Å²) >= 11 is 1.42. The van der Waals surface area contributed by atoms with Crippen molar-refractivity contribution in [1.29, 1.82) is 0 Å². The second kappa shape index (κ2) is 6.83. The van der Waals surface area contributed by atoms with Crippen LogP contribution >= 0.6 is 11.3 Å². The van der Waals surface area contributed by atoms with Gasteiger partial charge < -0.3 is 4.42 Å². The molecule has 0 aliphatic carbocycles. The number of anilines is 2. The topological polar surface area (TPSA) is 67.2 Å². The summed E-state index contributed by atoms with van der Waals surface area (Å²) in [6.45, 7) is 0. The molecule has 0 unspecified atom stereocenters. The van der Waals surface area contributed by atoms with E-state index < -0.39 is 5.63 Å². The fourth-order valence-electron chi connectivity index (χ4n) is 3.15. The Balaban J connectivity index is 1.42. The van der Waals surface area contributed by atoms with Gasteiger partial charge in [-0.15, -0.1) is 11.3 Å². The minimum absolute atomic E-state index is 0.391. The quantitative estimate of drug-likeness (QED) is 0.315. The van der Waals surface area contributed by atoms with E-state index in [4.69, 9.17) is 4.42 Å². The van der Waals surface area contributed by atoms with Gasteiger partial charge in [0.15, 0.2) is 0 Å². The van der Waals surface area contributed by atoms with E-state index in [1.165, 1.54) is 11.3 Å². The van der Waals surface area contributed by atoms with Crippen LogP contribution in [-0.4, -0.2) is 4.98 Å². The van der Waals surface area contributed by atoms with Crippen molar-refractivity contribution in [3.63, 3.8) is 0 Å². The molecule has 136 valence electrons. The molecule has 0 aliphatic rings. The third-order valence-electron chi connectivity index (χ3n) is 4.52. The van der Waals surface area contributed by atoms with E-state index in [0.29, 0.717) is 22.0 Å². The highest BCUT2D eigenvalue weighted by Gasteiger charge is 2.11. The zero-order chi connectivity index (χ0) is 18.9. The summed E-state index contributed by atoms with van der Waals surface area (Å²) < 4.78 is 5.41. The average molecular weight is 385 g/mol. The van der Waals surface area contributed by atoms with Gasteiger partial charge in [0.25, 0.3) is 0 Å². The predicted molar refractivity (Wildman–Crippen MR) is 115 cm³/mol. The lowest BCUT2D eigenvalue weighted by Crippen LogP contribution is -2.09. The third kappa shape index (κ3) is 3.00. The van der Waals surface area contributed by atoms with E-state index in [0.717, 1.165) is 21.8 Å². The van der Waals surface area contributed by atoms with Crippen molar-refractivity contribution in [3.05, 3.63) is 88.6 Å². The van der Waals surface area contributed by atoms with Crippen molar-refractivity contribution in [2.24, 2.45) is 0 Å². The highest BCUT2D eigenvalue weighted by atomic mass is 32.1. The van der Waals surface area contributed by atoms with Gasteiger partial charge in [-0.05, 0) is 23.6 Å². The van der Waals surface area contributed by atoms with Crippen LogP contribution in [0.2, 0.25) is 0 Å². The lowest BCUT2D eigenvalue weighted by molar-refractivity contribution is 0.563. The number of nitrogens with one attached hydrogen (secondary N) is 2. The van der Waals surface area contributed by atoms with Crippen molar-refractivity contribution >= 4 is 43.9 Å². The Kier molecular flexibility index (Phi) is 4.03. The zero-order valence-electron chi connectivity index (χ0n) is 14.7. The summed E-state index contributed by atoms with van der Waals surface area (Å²) in [5.74, 6) is 0. The lowest BCUT2D eigenvalue weighted by Gasteiger charge is -2.09. The number of aromatic nitrogens is 1. The van der Waals surface area contributed by atoms with Crippen molar-refractivity contribution < 1.29 is 4.42 Å². The van der Waals surface area contributed by atoms with Gasteiger partial charge >= 0.3 is 5.63 Å². The molecule has 0 fully saturated rings. The van der Waals surface area contributed by atoms with Gasteiger partial charge in [0, 0.05) is 16.2 Å². The Labute approximate surface area is 164 Å². The second-order valence-electron chi connectivity index (χ2n) is 6.30. The summed E-state index contributed by atoms with van der Waals surface area (Å²) in [6, 6.07) is 23.5. The van der Waals surface area contributed by atoms with Gasteiger partial charge in [0.2, 0.25) is 5.13 Å². The SMILES string of the molecule is O=c1oc2ccccc2cc1-c1csc(NNc2cccc3ccccc23)n1. The van der Waals surface area contributed by atoms with E-state index >= 15 is 0 Å². The summed E-state index contributed by atoms with van der Waals surface area (Å²) in [5, 5.41) is 5.64. The van der Waals surface area contributed by atoms with Gasteiger partial charge in [0.1, 0.15) is 5.58 Å². The summed E-state index contributed by atoms with van der Waals surface area (Å²) in [4.78, 5) is 16.9. The van der Waals surface area contributed by atoms with Crippen molar-refractivity contribution in [3.8, 4) is 11.3 Å². The van der Waals surface area contributed by atoms with Gasteiger partial charge in [-0.3, -0.25) is 10.9 Å². The van der Waals surface area contributed by atoms with Crippen LogP contribution in [0.25, 0.3) is 33.0 Å². The molecule has 5 nitrogen and oxygen atoms in total. The van der Waals surface area contributed by atoms with Gasteiger partial charge in [0.05, 0.1) is 16.9 Å². The van der Waals surface area contributed by atoms with E-state index in [2.05, 4.69) is 34.0 Å². The normalized spacial score (nSPS) is 11.0. The van der Waals surface area contributed by atoms with Crippen LogP contribution in [0, 0.1) is 0 Å². The number of thiazole rings is 1. The largest absolute Gasteiger partial charge is 0.422 e. The maximum atomic E-state index is 12.3. The molecular weight excluding hydrogens is 370 g/mol. The number of hydrazine groups is 1. The summed E-state index contributed by atoms with van der Waals surface area (Å²) in [5.41, 5.74) is 8.51. The molecule has 2 heterocycles. The highest BCUT2D eigenvalue weighted by Crippen LogP contribution is 2.27. The Bertz CT molecular complexity index is 1350. The third-order valence-corrected chi connectivity index (χ3v) is 5.27. The first kappa shape index (κ1) is 16.5. The Morgan fingerprint density at radius 2 is 1.64 bits per heavy atom. The van der Waals surface area contributed by atoms with Gasteiger partial charge in [-0.25, -0.2) is 9.78 Å². The number of hydrogen-bond acceptors (Lipinski definition) is 6. The molecule has 0 atom stereocenters. The smallest absolute Gasteiger partial charge is 0.345 e. The molecule has 0 spiro atoms.